The van der Waals surface area contributed by atoms with Gasteiger partial charge in [-0.15, -0.1) is 10.2 Å². The van der Waals surface area contributed by atoms with E-state index < -0.39 is 0 Å². The number of aryl methyl sites for hydroxylation is 1. The maximum Gasteiger partial charge on any atom is 0.194 e. The Bertz CT molecular complexity index is 978. The van der Waals surface area contributed by atoms with E-state index in [1.807, 2.05) is 12.1 Å². The molecule has 1 aromatic carbocycles. The molecule has 0 atom stereocenters. The van der Waals surface area contributed by atoms with Crippen molar-refractivity contribution in [1.82, 2.24) is 19.6 Å². The third-order valence-corrected chi connectivity index (χ3v) is 5.87. The summed E-state index contributed by atoms with van der Waals surface area (Å²) >= 11 is 0. The van der Waals surface area contributed by atoms with Crippen LogP contribution in [-0.2, 0) is 13.0 Å². The third kappa shape index (κ3) is 3.27. The maximum atomic E-state index is 5.48. The Hall–Kier alpha value is -2.45. The van der Waals surface area contributed by atoms with Gasteiger partial charge in [0.25, 0.3) is 0 Å². The Morgan fingerprint density at radius 2 is 1.61 bits per heavy atom. The van der Waals surface area contributed by atoms with Gasteiger partial charge in [0.2, 0.25) is 0 Å². The number of hydrogen-bond acceptors (Lipinski definition) is 5. The highest BCUT2D eigenvalue weighted by Gasteiger charge is 2.25. The molecule has 1 saturated heterocycles. The maximum absolute atomic E-state index is 5.48. The molecule has 3 aromatic rings. The SMILES string of the molecule is CCc1nc2cc(OC)c(OC)cc2c2nnc(C[NH+]3CC[NH+](CC)CC3)n12. The lowest BCUT2D eigenvalue weighted by molar-refractivity contribution is -1.02. The van der Waals surface area contributed by atoms with Crippen molar-refractivity contribution in [3.8, 4) is 11.5 Å². The van der Waals surface area contributed by atoms with Crippen LogP contribution in [0.4, 0.5) is 0 Å². The van der Waals surface area contributed by atoms with E-state index in [2.05, 4.69) is 28.4 Å². The molecule has 2 aromatic heterocycles. The van der Waals surface area contributed by atoms with E-state index in [1.54, 1.807) is 24.0 Å². The van der Waals surface area contributed by atoms with E-state index in [9.17, 15) is 0 Å². The minimum absolute atomic E-state index is 0.675. The Morgan fingerprint density at radius 3 is 2.25 bits per heavy atom. The van der Waals surface area contributed by atoms with Crippen LogP contribution >= 0.6 is 0 Å². The summed E-state index contributed by atoms with van der Waals surface area (Å²) in [6.07, 6.45) is 0.814. The number of methoxy groups -OCH3 is 2. The summed E-state index contributed by atoms with van der Waals surface area (Å²) in [7, 11) is 3.28. The first-order valence-corrected chi connectivity index (χ1v) is 10.1. The number of nitrogens with zero attached hydrogens (tertiary/aromatic N) is 4. The van der Waals surface area contributed by atoms with Gasteiger partial charge < -0.3 is 19.3 Å². The zero-order valence-corrected chi connectivity index (χ0v) is 17.2. The molecule has 0 bridgehead atoms. The molecule has 150 valence electrons. The molecule has 0 unspecified atom stereocenters. The highest BCUT2D eigenvalue weighted by atomic mass is 16.5. The average Bonchev–Trinajstić information content (AvgIpc) is 3.16. The second kappa shape index (κ2) is 7.89. The summed E-state index contributed by atoms with van der Waals surface area (Å²) < 4.78 is 13.1. The lowest BCUT2D eigenvalue weighted by atomic mass is 10.2. The number of hydrogen-bond donors (Lipinski definition) is 2. The van der Waals surface area contributed by atoms with Crippen molar-refractivity contribution < 1.29 is 19.3 Å². The van der Waals surface area contributed by atoms with Crippen LogP contribution in [0.25, 0.3) is 16.6 Å². The first kappa shape index (κ1) is 18.9. The van der Waals surface area contributed by atoms with Crippen molar-refractivity contribution in [2.75, 3.05) is 46.9 Å². The topological polar surface area (TPSA) is 70.4 Å². The lowest BCUT2D eigenvalue weighted by Crippen LogP contribution is -3.27. The quantitative estimate of drug-likeness (QED) is 0.578. The van der Waals surface area contributed by atoms with Crippen LogP contribution in [0.3, 0.4) is 0 Å². The third-order valence-electron chi connectivity index (χ3n) is 5.87. The van der Waals surface area contributed by atoms with Gasteiger partial charge in [-0.25, -0.2) is 4.98 Å². The summed E-state index contributed by atoms with van der Waals surface area (Å²) in [5, 5.41) is 10.0. The number of nitrogens with one attached hydrogen (secondary N) is 2. The van der Waals surface area contributed by atoms with Crippen molar-refractivity contribution in [3.63, 3.8) is 0 Å². The van der Waals surface area contributed by atoms with Crippen molar-refractivity contribution in [1.29, 1.82) is 0 Å². The molecular formula is C20H30N6O2+2. The van der Waals surface area contributed by atoms with E-state index in [-0.39, 0.29) is 0 Å². The molecule has 0 saturated carbocycles. The normalized spacial score (nSPS) is 20.0. The van der Waals surface area contributed by atoms with E-state index in [1.165, 1.54) is 32.7 Å². The molecule has 1 aliphatic heterocycles. The Balaban J connectivity index is 1.76. The molecule has 0 radical (unpaired) electrons. The summed E-state index contributed by atoms with van der Waals surface area (Å²) in [6, 6.07) is 3.87. The number of piperazine rings is 1. The van der Waals surface area contributed by atoms with Crippen LogP contribution < -0.4 is 19.3 Å². The van der Waals surface area contributed by atoms with Gasteiger partial charge >= 0.3 is 0 Å². The molecule has 8 nitrogen and oxygen atoms in total. The predicted octanol–water partition coefficient (Wildman–Crippen LogP) is -0.840. The van der Waals surface area contributed by atoms with Gasteiger partial charge in [0, 0.05) is 17.9 Å². The van der Waals surface area contributed by atoms with Crippen LogP contribution in [0.15, 0.2) is 12.1 Å². The van der Waals surface area contributed by atoms with Crippen LogP contribution in [0.5, 0.6) is 11.5 Å². The lowest BCUT2D eigenvalue weighted by Gasteiger charge is -2.28. The van der Waals surface area contributed by atoms with E-state index >= 15 is 0 Å². The van der Waals surface area contributed by atoms with Crippen LogP contribution in [0, 0.1) is 0 Å². The molecule has 8 heteroatoms. The predicted molar refractivity (Wildman–Crippen MR) is 106 cm³/mol. The molecular weight excluding hydrogens is 356 g/mol. The zero-order chi connectivity index (χ0) is 19.7. The number of quaternary nitrogens is 2. The van der Waals surface area contributed by atoms with E-state index in [0.29, 0.717) is 11.5 Å². The number of benzene rings is 1. The summed E-state index contributed by atoms with van der Waals surface area (Å²) in [5.41, 5.74) is 1.70. The Kier molecular flexibility index (Phi) is 5.32. The molecule has 3 heterocycles. The molecule has 2 N–H and O–H groups in total. The van der Waals surface area contributed by atoms with Gasteiger partial charge in [0.1, 0.15) is 38.5 Å². The summed E-state index contributed by atoms with van der Waals surface area (Å²) in [5.74, 6) is 3.32. The number of fused-ring (bicyclic) bond motifs is 3. The average molecular weight is 387 g/mol. The summed E-state index contributed by atoms with van der Waals surface area (Å²) in [6.45, 7) is 11.3. The number of rotatable bonds is 6. The second-order valence-electron chi connectivity index (χ2n) is 7.41. The van der Waals surface area contributed by atoms with Crippen LogP contribution in [0.2, 0.25) is 0 Å². The monoisotopic (exact) mass is 386 g/mol. The van der Waals surface area contributed by atoms with E-state index in [0.717, 1.165) is 41.2 Å². The molecule has 4 rings (SSSR count). The van der Waals surface area contributed by atoms with Crippen molar-refractivity contribution in [2.45, 2.75) is 26.8 Å². The number of ether oxygens (including phenoxy) is 2. The molecule has 0 spiro atoms. The van der Waals surface area contributed by atoms with Crippen molar-refractivity contribution in [3.05, 3.63) is 23.8 Å². The molecule has 1 fully saturated rings. The standard InChI is InChI=1S/C20H28N6O2/c1-5-18-21-15-12-17(28-4)16(27-3)11-14(15)20-23-22-19(26(18)20)13-25-9-7-24(6-2)8-10-25/h11-12H,5-10,13H2,1-4H3/p+2. The number of aromatic nitrogens is 4. The minimum atomic E-state index is 0.675. The molecule has 0 aliphatic carbocycles. The van der Waals surface area contributed by atoms with Crippen molar-refractivity contribution >= 4 is 16.6 Å². The fraction of sp³-hybridized carbons (Fsp3) is 0.550. The first-order chi connectivity index (χ1) is 13.7. The van der Waals surface area contributed by atoms with Crippen molar-refractivity contribution in [2.24, 2.45) is 0 Å². The smallest absolute Gasteiger partial charge is 0.194 e. The van der Waals surface area contributed by atoms with Gasteiger partial charge in [-0.05, 0) is 13.0 Å². The Morgan fingerprint density at radius 1 is 0.929 bits per heavy atom. The highest BCUT2D eigenvalue weighted by molar-refractivity contribution is 5.93. The van der Waals surface area contributed by atoms with Gasteiger partial charge in [-0.3, -0.25) is 4.40 Å². The number of likely N-dealkylation sites (N-methyl/N-ethyl adjacent to an activating group) is 1. The van der Waals surface area contributed by atoms with Gasteiger partial charge in [0.15, 0.2) is 23.0 Å². The second-order valence-corrected chi connectivity index (χ2v) is 7.41. The minimum Gasteiger partial charge on any atom is -0.493 e. The Labute approximate surface area is 165 Å². The molecule has 0 amide bonds. The fourth-order valence-electron chi connectivity index (χ4n) is 4.15. The first-order valence-electron chi connectivity index (χ1n) is 10.1. The molecule has 1 aliphatic rings. The fourth-order valence-corrected chi connectivity index (χ4v) is 4.15. The van der Waals surface area contributed by atoms with Crippen LogP contribution in [0.1, 0.15) is 25.5 Å². The largest absolute Gasteiger partial charge is 0.493 e. The van der Waals surface area contributed by atoms with Crippen LogP contribution in [-0.4, -0.2) is 66.5 Å². The van der Waals surface area contributed by atoms with E-state index in [4.69, 9.17) is 14.5 Å². The van der Waals surface area contributed by atoms with Gasteiger partial charge in [0.05, 0.1) is 26.3 Å². The zero-order valence-electron chi connectivity index (χ0n) is 17.2. The van der Waals surface area contributed by atoms with Gasteiger partial charge in [-0.1, -0.05) is 6.92 Å². The molecule has 28 heavy (non-hydrogen) atoms. The summed E-state index contributed by atoms with van der Waals surface area (Å²) in [4.78, 5) is 8.15. The highest BCUT2D eigenvalue weighted by Crippen LogP contribution is 2.33. The van der Waals surface area contributed by atoms with Gasteiger partial charge in [-0.2, -0.15) is 0 Å².